The molecule has 0 unspecified atom stereocenters. The number of imide groups is 2. The van der Waals surface area contributed by atoms with Crippen LogP contribution in [0.15, 0.2) is 72.3 Å². The van der Waals surface area contributed by atoms with E-state index in [1.807, 2.05) is 50.2 Å². The number of aryl methyl sites for hydroxylation is 2. The van der Waals surface area contributed by atoms with Gasteiger partial charge in [-0.1, -0.05) is 36.4 Å². The van der Waals surface area contributed by atoms with Gasteiger partial charge >= 0.3 is 6.03 Å². The van der Waals surface area contributed by atoms with Crippen molar-refractivity contribution in [2.24, 2.45) is 0 Å². The summed E-state index contributed by atoms with van der Waals surface area (Å²) >= 11 is 2.24. The molecule has 6 nitrogen and oxygen atoms in total. The van der Waals surface area contributed by atoms with Gasteiger partial charge in [-0.3, -0.25) is 14.9 Å². The number of carbonyl (C=O) groups excluding carboxylic acids is 3. The maximum Gasteiger partial charge on any atom is 0.335 e. The first kappa shape index (κ1) is 22.7. The van der Waals surface area contributed by atoms with Gasteiger partial charge in [-0.15, -0.1) is 0 Å². The van der Waals surface area contributed by atoms with Crippen LogP contribution in [-0.4, -0.2) is 17.8 Å². The van der Waals surface area contributed by atoms with Gasteiger partial charge in [-0.2, -0.15) is 0 Å². The summed E-state index contributed by atoms with van der Waals surface area (Å²) in [6.45, 7) is 4.18. The number of rotatable bonds is 5. The van der Waals surface area contributed by atoms with Crippen LogP contribution in [0.4, 0.5) is 10.5 Å². The Morgan fingerprint density at radius 3 is 2.39 bits per heavy atom. The van der Waals surface area contributed by atoms with Gasteiger partial charge in [0.2, 0.25) is 0 Å². The Balaban J connectivity index is 1.64. The molecule has 33 heavy (non-hydrogen) atoms. The molecule has 0 bridgehead atoms. The molecule has 3 aromatic carbocycles. The minimum Gasteiger partial charge on any atom is -0.488 e. The third-order valence-corrected chi connectivity index (χ3v) is 6.10. The molecule has 0 atom stereocenters. The SMILES string of the molecule is Cc1ccc(N2C(=O)NC(=O)/C(=C\c3ccccc3OCc3ccc(I)cc3)C2=O)cc1C. The van der Waals surface area contributed by atoms with Crippen LogP contribution in [0.2, 0.25) is 0 Å². The Kier molecular flexibility index (Phi) is 6.60. The van der Waals surface area contributed by atoms with Crippen molar-refractivity contribution >= 4 is 52.2 Å². The van der Waals surface area contributed by atoms with Gasteiger partial charge in [0.1, 0.15) is 17.9 Å². The average molecular weight is 552 g/mol. The monoisotopic (exact) mass is 552 g/mol. The van der Waals surface area contributed by atoms with Crippen LogP contribution in [0.3, 0.4) is 0 Å². The number of nitrogens with one attached hydrogen (secondary N) is 1. The number of halogens is 1. The number of hydrogen-bond acceptors (Lipinski definition) is 4. The Morgan fingerprint density at radius 1 is 0.939 bits per heavy atom. The third-order valence-electron chi connectivity index (χ3n) is 5.38. The number of anilines is 1. The summed E-state index contributed by atoms with van der Waals surface area (Å²) in [6.07, 6.45) is 1.46. The van der Waals surface area contributed by atoms with Crippen molar-refractivity contribution in [1.82, 2.24) is 5.32 Å². The van der Waals surface area contributed by atoms with Crippen LogP contribution in [0.5, 0.6) is 5.75 Å². The second-order valence-electron chi connectivity index (χ2n) is 7.68. The summed E-state index contributed by atoms with van der Waals surface area (Å²) in [5.74, 6) is -0.893. The normalized spacial score (nSPS) is 15.1. The third kappa shape index (κ3) is 4.98. The highest BCUT2D eigenvalue weighted by Gasteiger charge is 2.37. The second kappa shape index (κ2) is 9.58. The first-order valence-corrected chi connectivity index (χ1v) is 11.4. The van der Waals surface area contributed by atoms with Gasteiger partial charge in [-0.25, -0.2) is 9.69 Å². The fourth-order valence-electron chi connectivity index (χ4n) is 3.39. The summed E-state index contributed by atoms with van der Waals surface area (Å²) in [6, 6.07) is 19.6. The molecule has 3 aromatic rings. The van der Waals surface area contributed by atoms with Crippen molar-refractivity contribution in [3.05, 3.63) is 98.1 Å². The molecule has 1 fully saturated rings. The van der Waals surface area contributed by atoms with Crippen LogP contribution in [0, 0.1) is 17.4 Å². The lowest BCUT2D eigenvalue weighted by Crippen LogP contribution is -2.54. The zero-order valence-corrected chi connectivity index (χ0v) is 20.3. The standard InChI is InChI=1S/C26H21IN2O4/c1-16-7-12-21(13-17(16)2)29-25(31)22(24(30)28-26(29)32)14-19-5-3-4-6-23(19)33-15-18-8-10-20(27)11-9-18/h3-14H,15H2,1-2H3,(H,28,30,32)/b22-14+. The highest BCUT2D eigenvalue weighted by Crippen LogP contribution is 2.27. The van der Waals surface area contributed by atoms with E-state index < -0.39 is 17.8 Å². The number of barbiturate groups is 1. The Morgan fingerprint density at radius 2 is 1.67 bits per heavy atom. The molecule has 0 saturated carbocycles. The lowest BCUT2D eigenvalue weighted by molar-refractivity contribution is -0.122. The van der Waals surface area contributed by atoms with Crippen molar-refractivity contribution in [2.45, 2.75) is 20.5 Å². The number of benzene rings is 3. The average Bonchev–Trinajstić information content (AvgIpc) is 2.79. The van der Waals surface area contributed by atoms with Crippen molar-refractivity contribution in [3.63, 3.8) is 0 Å². The molecule has 0 radical (unpaired) electrons. The van der Waals surface area contributed by atoms with E-state index in [9.17, 15) is 14.4 Å². The van der Waals surface area contributed by atoms with Gasteiger partial charge < -0.3 is 4.74 Å². The number of nitrogens with zero attached hydrogens (tertiary/aromatic N) is 1. The molecule has 4 rings (SSSR count). The second-order valence-corrected chi connectivity index (χ2v) is 8.93. The molecule has 0 aromatic heterocycles. The van der Waals surface area contributed by atoms with Gasteiger partial charge in [-0.05, 0) is 89.5 Å². The maximum absolute atomic E-state index is 13.2. The van der Waals surface area contributed by atoms with Crippen LogP contribution < -0.4 is 15.0 Å². The smallest absolute Gasteiger partial charge is 0.335 e. The minimum absolute atomic E-state index is 0.141. The topological polar surface area (TPSA) is 75.7 Å². The fraction of sp³-hybridized carbons (Fsp3) is 0.115. The van der Waals surface area contributed by atoms with Crippen LogP contribution in [-0.2, 0) is 16.2 Å². The minimum atomic E-state index is -0.770. The van der Waals surface area contributed by atoms with Gasteiger partial charge in [0.05, 0.1) is 5.69 Å². The van der Waals surface area contributed by atoms with Crippen LogP contribution in [0.1, 0.15) is 22.3 Å². The Labute approximate surface area is 205 Å². The van der Waals surface area contributed by atoms with Gasteiger partial charge in [0.25, 0.3) is 11.8 Å². The van der Waals surface area contributed by atoms with E-state index in [1.54, 1.807) is 30.3 Å². The van der Waals surface area contributed by atoms with Crippen LogP contribution in [0.25, 0.3) is 6.08 Å². The molecular weight excluding hydrogens is 531 g/mol. The van der Waals surface area contributed by atoms with Crippen molar-refractivity contribution in [1.29, 1.82) is 0 Å². The highest BCUT2D eigenvalue weighted by molar-refractivity contribution is 14.1. The van der Waals surface area contributed by atoms with E-state index >= 15 is 0 Å². The van der Waals surface area contributed by atoms with Crippen molar-refractivity contribution in [2.75, 3.05) is 4.90 Å². The van der Waals surface area contributed by atoms with E-state index in [4.69, 9.17) is 4.74 Å². The summed E-state index contributed by atoms with van der Waals surface area (Å²) < 4.78 is 7.10. The Hall–Kier alpha value is -3.46. The van der Waals surface area contributed by atoms with E-state index in [-0.39, 0.29) is 5.57 Å². The molecule has 0 spiro atoms. The van der Waals surface area contributed by atoms with Crippen molar-refractivity contribution in [3.8, 4) is 5.75 Å². The Bertz CT molecular complexity index is 1280. The molecule has 1 aliphatic rings. The van der Waals surface area contributed by atoms with Gasteiger partial charge in [0, 0.05) is 9.13 Å². The number of carbonyl (C=O) groups is 3. The maximum atomic E-state index is 13.2. The zero-order chi connectivity index (χ0) is 23.5. The molecule has 166 valence electrons. The van der Waals surface area contributed by atoms with Gasteiger partial charge in [0.15, 0.2) is 0 Å². The molecule has 0 aliphatic carbocycles. The molecular formula is C26H21IN2O4. The van der Waals surface area contributed by atoms with E-state index in [0.29, 0.717) is 23.6 Å². The van der Waals surface area contributed by atoms with E-state index in [0.717, 1.165) is 25.2 Å². The predicted molar refractivity (Wildman–Crippen MR) is 135 cm³/mol. The molecule has 4 amide bonds. The molecule has 1 saturated heterocycles. The molecule has 1 N–H and O–H groups in total. The first-order chi connectivity index (χ1) is 15.8. The largest absolute Gasteiger partial charge is 0.488 e. The first-order valence-electron chi connectivity index (χ1n) is 10.3. The molecule has 1 aliphatic heterocycles. The molecule has 7 heteroatoms. The van der Waals surface area contributed by atoms with E-state index in [1.165, 1.54) is 6.08 Å². The number of ether oxygens (including phenoxy) is 1. The lowest BCUT2D eigenvalue weighted by atomic mass is 10.0. The predicted octanol–water partition coefficient (Wildman–Crippen LogP) is 5.15. The fourth-order valence-corrected chi connectivity index (χ4v) is 3.74. The highest BCUT2D eigenvalue weighted by atomic mass is 127. The number of urea groups is 1. The summed E-state index contributed by atoms with van der Waals surface area (Å²) in [5.41, 5.74) is 3.80. The summed E-state index contributed by atoms with van der Waals surface area (Å²) in [7, 11) is 0. The lowest BCUT2D eigenvalue weighted by Gasteiger charge is -2.27. The molecule has 1 heterocycles. The number of hydrogen-bond donors (Lipinski definition) is 1. The quantitative estimate of drug-likeness (QED) is 0.270. The van der Waals surface area contributed by atoms with Crippen molar-refractivity contribution < 1.29 is 19.1 Å². The van der Waals surface area contributed by atoms with E-state index in [2.05, 4.69) is 27.9 Å². The number of para-hydroxylation sites is 1. The summed E-state index contributed by atoms with van der Waals surface area (Å²) in [4.78, 5) is 39.2. The van der Waals surface area contributed by atoms with Crippen LogP contribution >= 0.6 is 22.6 Å². The summed E-state index contributed by atoms with van der Waals surface area (Å²) in [5, 5.41) is 2.26. The zero-order valence-electron chi connectivity index (χ0n) is 18.1. The number of amides is 4.